The average molecular weight is 233 g/mol. The van der Waals surface area contributed by atoms with E-state index >= 15 is 0 Å². The van der Waals surface area contributed by atoms with Gasteiger partial charge < -0.3 is 5.73 Å². The zero-order chi connectivity index (χ0) is 11.7. The molecule has 0 radical (unpaired) electrons. The molecule has 0 bridgehead atoms. The topological polar surface area (TPSA) is 43.8 Å². The number of rotatable bonds is 2. The van der Waals surface area contributed by atoms with E-state index in [1.807, 2.05) is 0 Å². The van der Waals surface area contributed by atoms with Crippen LogP contribution in [0.25, 0.3) is 0 Å². The van der Waals surface area contributed by atoms with Gasteiger partial charge in [-0.05, 0) is 44.1 Å². The van der Waals surface area contributed by atoms with Crippen molar-refractivity contribution in [1.82, 2.24) is 9.78 Å². The third-order valence-corrected chi connectivity index (χ3v) is 4.41. The number of aromatic nitrogens is 2. The third-order valence-electron chi connectivity index (χ3n) is 4.41. The van der Waals surface area contributed by atoms with Crippen molar-refractivity contribution in [2.45, 2.75) is 70.4 Å². The lowest BCUT2D eigenvalue weighted by atomic mass is 9.93. The highest BCUT2D eigenvalue weighted by Gasteiger charge is 2.25. The lowest BCUT2D eigenvalue weighted by molar-refractivity contribution is 0.319. The van der Waals surface area contributed by atoms with Gasteiger partial charge in [0.05, 0.1) is 11.7 Å². The minimum Gasteiger partial charge on any atom is -0.325 e. The first-order chi connectivity index (χ1) is 8.40. The van der Waals surface area contributed by atoms with Gasteiger partial charge in [-0.1, -0.05) is 19.3 Å². The summed E-state index contributed by atoms with van der Waals surface area (Å²) in [4.78, 5) is 0. The maximum Gasteiger partial charge on any atom is 0.0795 e. The molecule has 0 spiro atoms. The zero-order valence-corrected chi connectivity index (χ0v) is 10.6. The maximum atomic E-state index is 5.84. The molecule has 0 atom stereocenters. The summed E-state index contributed by atoms with van der Waals surface area (Å²) in [6.45, 7) is 0.613. The van der Waals surface area contributed by atoms with Crippen LogP contribution in [0.3, 0.4) is 0 Å². The van der Waals surface area contributed by atoms with Crippen LogP contribution in [0.2, 0.25) is 0 Å². The van der Waals surface area contributed by atoms with Crippen LogP contribution in [-0.2, 0) is 19.4 Å². The van der Waals surface area contributed by atoms with Crippen molar-refractivity contribution in [3.63, 3.8) is 0 Å². The number of hydrogen-bond acceptors (Lipinski definition) is 2. The molecule has 94 valence electrons. The molecular weight excluding hydrogens is 210 g/mol. The first-order valence-electron chi connectivity index (χ1n) is 7.19. The monoisotopic (exact) mass is 233 g/mol. The van der Waals surface area contributed by atoms with Gasteiger partial charge in [0.15, 0.2) is 0 Å². The zero-order valence-electron chi connectivity index (χ0n) is 10.6. The molecule has 0 aliphatic heterocycles. The van der Waals surface area contributed by atoms with Crippen LogP contribution in [0.5, 0.6) is 0 Å². The van der Waals surface area contributed by atoms with Gasteiger partial charge >= 0.3 is 0 Å². The van der Waals surface area contributed by atoms with Gasteiger partial charge in [-0.3, -0.25) is 4.68 Å². The van der Waals surface area contributed by atoms with E-state index in [1.165, 1.54) is 74.7 Å². The molecule has 0 amide bonds. The fourth-order valence-corrected chi connectivity index (χ4v) is 3.50. The number of hydrogen-bond donors (Lipinski definition) is 1. The molecular formula is C14H23N3. The Morgan fingerprint density at radius 1 is 1.06 bits per heavy atom. The van der Waals surface area contributed by atoms with Gasteiger partial charge in [-0.25, -0.2) is 0 Å². The highest BCUT2D eigenvalue weighted by atomic mass is 15.3. The first-order valence-corrected chi connectivity index (χ1v) is 7.19. The molecule has 3 heteroatoms. The minimum atomic E-state index is 0.613. The molecule has 1 fully saturated rings. The van der Waals surface area contributed by atoms with Crippen LogP contribution in [0.4, 0.5) is 0 Å². The van der Waals surface area contributed by atoms with Crippen LogP contribution in [0.15, 0.2) is 0 Å². The van der Waals surface area contributed by atoms with Gasteiger partial charge in [0.1, 0.15) is 0 Å². The van der Waals surface area contributed by atoms with Gasteiger partial charge in [0.2, 0.25) is 0 Å². The first kappa shape index (κ1) is 11.3. The Bertz CT molecular complexity index is 388. The Balaban J connectivity index is 1.95. The number of fused-ring (bicyclic) bond motifs is 1. The summed E-state index contributed by atoms with van der Waals surface area (Å²) < 4.78 is 2.36. The van der Waals surface area contributed by atoms with Crippen molar-refractivity contribution in [2.75, 3.05) is 0 Å². The second kappa shape index (κ2) is 4.81. The molecule has 1 aromatic rings. The van der Waals surface area contributed by atoms with Crippen LogP contribution >= 0.6 is 0 Å². The molecule has 2 aliphatic rings. The fraction of sp³-hybridized carbons (Fsp3) is 0.786. The average Bonchev–Trinajstić information content (AvgIpc) is 2.78. The van der Waals surface area contributed by atoms with Gasteiger partial charge in [-0.2, -0.15) is 5.10 Å². The van der Waals surface area contributed by atoms with Gasteiger partial charge in [0, 0.05) is 12.2 Å². The smallest absolute Gasteiger partial charge is 0.0795 e. The Labute approximate surface area is 103 Å². The van der Waals surface area contributed by atoms with E-state index < -0.39 is 0 Å². The quantitative estimate of drug-likeness (QED) is 0.853. The Kier molecular flexibility index (Phi) is 3.19. The van der Waals surface area contributed by atoms with Gasteiger partial charge in [-0.15, -0.1) is 0 Å². The normalized spacial score (nSPS) is 21.5. The largest absolute Gasteiger partial charge is 0.325 e. The SMILES string of the molecule is NCc1nn(C2CCCCC2)c2c1CCCC2. The van der Waals surface area contributed by atoms with Crippen molar-refractivity contribution in [3.8, 4) is 0 Å². The van der Waals surface area contributed by atoms with E-state index in [-0.39, 0.29) is 0 Å². The Hall–Kier alpha value is -0.830. The van der Waals surface area contributed by atoms with E-state index in [1.54, 1.807) is 0 Å². The summed E-state index contributed by atoms with van der Waals surface area (Å²) in [6.07, 6.45) is 11.9. The third kappa shape index (κ3) is 2.01. The summed E-state index contributed by atoms with van der Waals surface area (Å²) in [5.41, 5.74) is 10.0. The molecule has 2 N–H and O–H groups in total. The van der Waals surface area contributed by atoms with Crippen molar-refractivity contribution in [3.05, 3.63) is 17.0 Å². The molecule has 0 aromatic carbocycles. The summed E-state index contributed by atoms with van der Waals surface area (Å²) in [5.74, 6) is 0. The number of nitrogens with zero attached hydrogens (tertiary/aromatic N) is 2. The summed E-state index contributed by atoms with van der Waals surface area (Å²) >= 11 is 0. The molecule has 3 nitrogen and oxygen atoms in total. The Morgan fingerprint density at radius 3 is 2.59 bits per heavy atom. The van der Waals surface area contributed by atoms with Crippen molar-refractivity contribution in [1.29, 1.82) is 0 Å². The summed E-state index contributed by atoms with van der Waals surface area (Å²) in [7, 11) is 0. The molecule has 1 saturated carbocycles. The predicted molar refractivity (Wildman–Crippen MR) is 68.9 cm³/mol. The van der Waals surface area contributed by atoms with Crippen LogP contribution < -0.4 is 5.73 Å². The summed E-state index contributed by atoms with van der Waals surface area (Å²) in [5, 5.41) is 4.83. The molecule has 1 aromatic heterocycles. The fourth-order valence-electron chi connectivity index (χ4n) is 3.50. The lowest BCUT2D eigenvalue weighted by Gasteiger charge is -2.25. The van der Waals surface area contributed by atoms with E-state index in [4.69, 9.17) is 10.8 Å². The predicted octanol–water partition coefficient (Wildman–Crippen LogP) is 2.73. The van der Waals surface area contributed by atoms with E-state index in [2.05, 4.69) is 4.68 Å². The van der Waals surface area contributed by atoms with Gasteiger partial charge in [0.25, 0.3) is 0 Å². The van der Waals surface area contributed by atoms with E-state index in [0.717, 1.165) is 0 Å². The number of nitrogens with two attached hydrogens (primary N) is 1. The van der Waals surface area contributed by atoms with Crippen molar-refractivity contribution in [2.24, 2.45) is 5.73 Å². The molecule has 0 unspecified atom stereocenters. The highest BCUT2D eigenvalue weighted by molar-refractivity contribution is 5.29. The molecule has 2 aliphatic carbocycles. The standard InChI is InChI=1S/C14H23N3/c15-10-13-12-8-4-5-9-14(12)17(16-13)11-6-2-1-3-7-11/h11H,1-10,15H2. The van der Waals surface area contributed by atoms with Crippen molar-refractivity contribution < 1.29 is 0 Å². The van der Waals surface area contributed by atoms with E-state index in [0.29, 0.717) is 12.6 Å². The minimum absolute atomic E-state index is 0.613. The molecule has 1 heterocycles. The van der Waals surface area contributed by atoms with Crippen molar-refractivity contribution >= 4 is 0 Å². The lowest BCUT2D eigenvalue weighted by Crippen LogP contribution is -2.18. The molecule has 3 rings (SSSR count). The molecule has 17 heavy (non-hydrogen) atoms. The van der Waals surface area contributed by atoms with Crippen LogP contribution in [0, 0.1) is 0 Å². The Morgan fingerprint density at radius 2 is 1.82 bits per heavy atom. The maximum absolute atomic E-state index is 5.84. The van der Waals surface area contributed by atoms with E-state index in [9.17, 15) is 0 Å². The molecule has 0 saturated heterocycles. The van der Waals surface area contributed by atoms with Crippen LogP contribution in [-0.4, -0.2) is 9.78 Å². The highest BCUT2D eigenvalue weighted by Crippen LogP contribution is 2.33. The van der Waals surface area contributed by atoms with Crippen LogP contribution in [0.1, 0.15) is 67.9 Å². The summed E-state index contributed by atoms with van der Waals surface area (Å²) in [6, 6.07) is 0.663. The second-order valence-corrected chi connectivity index (χ2v) is 5.52. The second-order valence-electron chi connectivity index (χ2n) is 5.52.